The quantitative estimate of drug-likeness (QED) is 0.444. The summed E-state index contributed by atoms with van der Waals surface area (Å²) in [4.78, 5) is 32.2. The van der Waals surface area contributed by atoms with Gasteiger partial charge in [0.05, 0.1) is 18.4 Å². The molecule has 0 saturated heterocycles. The molecule has 0 bridgehead atoms. The number of hydrogen-bond donors (Lipinski definition) is 0. The Morgan fingerprint density at radius 2 is 1.64 bits per heavy atom. The molecule has 3 aromatic carbocycles. The van der Waals surface area contributed by atoms with E-state index < -0.39 is 5.97 Å². The van der Waals surface area contributed by atoms with Crippen LogP contribution in [0.15, 0.2) is 78.9 Å². The van der Waals surface area contributed by atoms with Crippen molar-refractivity contribution in [2.24, 2.45) is 0 Å². The summed E-state index contributed by atoms with van der Waals surface area (Å²) >= 11 is 0. The van der Waals surface area contributed by atoms with Crippen LogP contribution in [0.5, 0.6) is 0 Å². The SMILES string of the molecule is COC(=O)c1cccc2c1CCCN2C(=O)c1nc(-c2ccccc2)n(-c2ccccc2)n1. The fourth-order valence-corrected chi connectivity index (χ4v) is 4.18. The van der Waals surface area contributed by atoms with E-state index in [1.807, 2.05) is 66.7 Å². The molecule has 0 spiro atoms. The summed E-state index contributed by atoms with van der Waals surface area (Å²) in [5.41, 5.74) is 3.68. The maximum absolute atomic E-state index is 13.6. The number of ether oxygens (including phenoxy) is 1. The number of nitrogens with zero attached hydrogens (tertiary/aromatic N) is 4. The number of rotatable bonds is 4. The highest BCUT2D eigenvalue weighted by Crippen LogP contribution is 2.31. The number of aromatic nitrogens is 3. The maximum atomic E-state index is 13.6. The predicted octanol–water partition coefficient (Wildman–Crippen LogP) is 4.31. The van der Waals surface area contributed by atoms with Crippen molar-refractivity contribution in [1.29, 1.82) is 0 Å². The van der Waals surface area contributed by atoms with E-state index >= 15 is 0 Å². The van der Waals surface area contributed by atoms with Crippen LogP contribution >= 0.6 is 0 Å². The Morgan fingerprint density at radius 3 is 2.36 bits per heavy atom. The van der Waals surface area contributed by atoms with Gasteiger partial charge in [-0.25, -0.2) is 14.5 Å². The fourth-order valence-electron chi connectivity index (χ4n) is 4.18. The normalized spacial score (nSPS) is 12.8. The third-order valence-electron chi connectivity index (χ3n) is 5.73. The summed E-state index contributed by atoms with van der Waals surface area (Å²) in [7, 11) is 1.36. The molecular weight excluding hydrogens is 416 g/mol. The molecule has 5 rings (SSSR count). The molecule has 7 nitrogen and oxygen atoms in total. The second kappa shape index (κ2) is 8.70. The largest absolute Gasteiger partial charge is 0.465 e. The van der Waals surface area contributed by atoms with E-state index in [2.05, 4.69) is 10.1 Å². The van der Waals surface area contributed by atoms with Gasteiger partial charge >= 0.3 is 5.97 Å². The van der Waals surface area contributed by atoms with Crippen LogP contribution in [0.1, 0.15) is 33.0 Å². The number of hydrogen-bond acceptors (Lipinski definition) is 5. The minimum Gasteiger partial charge on any atom is -0.465 e. The standard InChI is InChI=1S/C26H22N4O3/c1-33-26(32)21-14-8-16-22-20(21)15-9-17-29(22)25(31)23-27-24(18-10-4-2-5-11-18)30(28-23)19-12-6-3-7-13-19/h2-8,10-14,16H,9,15,17H2,1H3. The first-order valence-electron chi connectivity index (χ1n) is 10.8. The number of fused-ring (bicyclic) bond motifs is 1. The summed E-state index contributed by atoms with van der Waals surface area (Å²) in [6, 6.07) is 24.6. The number of benzene rings is 3. The molecule has 7 heteroatoms. The Labute approximate surface area is 191 Å². The third kappa shape index (κ3) is 3.78. The Bertz CT molecular complexity index is 1260. The number of amides is 1. The van der Waals surface area contributed by atoms with Gasteiger partial charge in [-0.2, -0.15) is 0 Å². The fraction of sp³-hybridized carbons (Fsp3) is 0.154. The van der Waals surface area contributed by atoms with Crippen molar-refractivity contribution in [2.45, 2.75) is 12.8 Å². The van der Waals surface area contributed by atoms with Crippen LogP contribution in [0, 0.1) is 0 Å². The summed E-state index contributed by atoms with van der Waals surface area (Å²) < 4.78 is 6.62. The number of carbonyl (C=O) groups excluding carboxylic acids is 2. The van der Waals surface area contributed by atoms with E-state index in [-0.39, 0.29) is 11.7 Å². The minimum absolute atomic E-state index is 0.106. The molecular formula is C26H22N4O3. The van der Waals surface area contributed by atoms with Gasteiger partial charge in [-0.05, 0) is 42.7 Å². The summed E-state index contributed by atoms with van der Waals surface area (Å²) in [5.74, 6) is -0.0106. The first-order valence-corrected chi connectivity index (χ1v) is 10.8. The molecule has 0 fully saturated rings. The van der Waals surface area contributed by atoms with Gasteiger partial charge in [0.2, 0.25) is 5.82 Å². The van der Waals surface area contributed by atoms with Gasteiger partial charge in [-0.3, -0.25) is 4.79 Å². The van der Waals surface area contributed by atoms with Gasteiger partial charge in [0, 0.05) is 17.8 Å². The molecule has 0 radical (unpaired) electrons. The topological polar surface area (TPSA) is 77.3 Å². The van der Waals surface area contributed by atoms with Gasteiger partial charge < -0.3 is 9.64 Å². The molecule has 0 aliphatic carbocycles. The zero-order chi connectivity index (χ0) is 22.8. The van der Waals surface area contributed by atoms with Crippen LogP contribution in [-0.4, -0.2) is 40.3 Å². The lowest BCUT2D eigenvalue weighted by Gasteiger charge is -2.29. The number of carbonyl (C=O) groups is 2. The molecule has 0 saturated carbocycles. The van der Waals surface area contributed by atoms with Crippen LogP contribution < -0.4 is 4.90 Å². The van der Waals surface area contributed by atoms with Gasteiger partial charge in [-0.15, -0.1) is 5.10 Å². The lowest BCUT2D eigenvalue weighted by Crippen LogP contribution is -2.36. The Kier molecular flexibility index (Phi) is 5.44. The van der Waals surface area contributed by atoms with E-state index in [0.717, 1.165) is 23.2 Å². The van der Waals surface area contributed by atoms with Crippen LogP contribution in [-0.2, 0) is 11.2 Å². The molecule has 4 aromatic rings. The van der Waals surface area contributed by atoms with Crippen molar-refractivity contribution in [3.63, 3.8) is 0 Å². The number of esters is 1. The van der Waals surface area contributed by atoms with Crippen LogP contribution in [0.4, 0.5) is 5.69 Å². The molecule has 0 N–H and O–H groups in total. The van der Waals surface area contributed by atoms with E-state index in [1.165, 1.54) is 7.11 Å². The van der Waals surface area contributed by atoms with Crippen molar-refractivity contribution in [1.82, 2.24) is 14.8 Å². The molecule has 0 atom stereocenters. The first-order chi connectivity index (χ1) is 16.2. The highest BCUT2D eigenvalue weighted by molar-refractivity contribution is 6.06. The lowest BCUT2D eigenvalue weighted by atomic mass is 9.96. The molecule has 1 aromatic heterocycles. The predicted molar refractivity (Wildman–Crippen MR) is 125 cm³/mol. The van der Waals surface area contributed by atoms with Gasteiger partial charge in [0.25, 0.3) is 5.91 Å². The summed E-state index contributed by atoms with van der Waals surface area (Å²) in [6.07, 6.45) is 1.43. The minimum atomic E-state index is -0.404. The number of para-hydroxylation sites is 1. The van der Waals surface area contributed by atoms with Crippen LogP contribution in [0.25, 0.3) is 17.1 Å². The Hall–Kier alpha value is -4.26. The molecule has 1 amide bonds. The Morgan fingerprint density at radius 1 is 0.909 bits per heavy atom. The van der Waals surface area contributed by atoms with Crippen LogP contribution in [0.2, 0.25) is 0 Å². The highest BCUT2D eigenvalue weighted by Gasteiger charge is 2.30. The molecule has 2 heterocycles. The summed E-state index contributed by atoms with van der Waals surface area (Å²) in [6.45, 7) is 0.525. The average Bonchev–Trinajstić information content (AvgIpc) is 3.34. The third-order valence-corrected chi connectivity index (χ3v) is 5.73. The molecule has 1 aliphatic rings. The van der Waals surface area contributed by atoms with Crippen molar-refractivity contribution in [3.8, 4) is 17.1 Å². The average molecular weight is 438 g/mol. The molecule has 33 heavy (non-hydrogen) atoms. The zero-order valence-corrected chi connectivity index (χ0v) is 18.1. The van der Waals surface area contributed by atoms with E-state index in [9.17, 15) is 9.59 Å². The second-order valence-corrected chi connectivity index (χ2v) is 7.73. The van der Waals surface area contributed by atoms with Crippen molar-refractivity contribution >= 4 is 17.6 Å². The summed E-state index contributed by atoms with van der Waals surface area (Å²) in [5, 5.41) is 4.60. The first kappa shape index (κ1) is 20.6. The Balaban J connectivity index is 1.59. The zero-order valence-electron chi connectivity index (χ0n) is 18.1. The number of anilines is 1. The number of methoxy groups -OCH3 is 1. The van der Waals surface area contributed by atoms with Crippen molar-refractivity contribution in [3.05, 3.63) is 95.8 Å². The second-order valence-electron chi connectivity index (χ2n) is 7.73. The molecule has 1 aliphatic heterocycles. The van der Waals surface area contributed by atoms with Gasteiger partial charge in [0.15, 0.2) is 5.82 Å². The van der Waals surface area contributed by atoms with Crippen LogP contribution in [0.3, 0.4) is 0 Å². The van der Waals surface area contributed by atoms with Gasteiger partial charge in [0.1, 0.15) is 0 Å². The van der Waals surface area contributed by atoms with E-state index in [0.29, 0.717) is 30.0 Å². The maximum Gasteiger partial charge on any atom is 0.338 e. The van der Waals surface area contributed by atoms with E-state index in [4.69, 9.17) is 4.74 Å². The van der Waals surface area contributed by atoms with Crippen molar-refractivity contribution < 1.29 is 14.3 Å². The molecule has 164 valence electrons. The highest BCUT2D eigenvalue weighted by atomic mass is 16.5. The smallest absolute Gasteiger partial charge is 0.338 e. The monoisotopic (exact) mass is 438 g/mol. The molecule has 0 unspecified atom stereocenters. The van der Waals surface area contributed by atoms with Crippen molar-refractivity contribution in [2.75, 3.05) is 18.6 Å². The van der Waals surface area contributed by atoms with Gasteiger partial charge in [-0.1, -0.05) is 54.6 Å². The van der Waals surface area contributed by atoms with E-state index in [1.54, 1.807) is 21.7 Å². The lowest BCUT2D eigenvalue weighted by molar-refractivity contribution is 0.0599.